The van der Waals surface area contributed by atoms with Gasteiger partial charge < -0.3 is 4.90 Å². The van der Waals surface area contributed by atoms with Crippen LogP contribution in [0.5, 0.6) is 0 Å². The summed E-state index contributed by atoms with van der Waals surface area (Å²) in [6, 6.07) is 1.97. The monoisotopic (exact) mass is 349 g/mol. The quantitative estimate of drug-likeness (QED) is 0.744. The first-order valence-corrected chi connectivity index (χ1v) is 8.37. The maximum Gasteiger partial charge on any atom is 0.263 e. The summed E-state index contributed by atoms with van der Waals surface area (Å²) in [5.74, 6) is 1.44. The summed E-state index contributed by atoms with van der Waals surface area (Å²) in [5, 5.41) is 0. The number of amides is 1. The molecule has 5 heteroatoms. The van der Waals surface area contributed by atoms with Gasteiger partial charge >= 0.3 is 0 Å². The lowest BCUT2D eigenvalue weighted by Crippen LogP contribution is -2.39. The Kier molecular flexibility index (Phi) is 5.10. The van der Waals surface area contributed by atoms with Gasteiger partial charge in [0.25, 0.3) is 5.91 Å². The average Bonchev–Trinajstić information content (AvgIpc) is 2.69. The van der Waals surface area contributed by atoms with Crippen LogP contribution < -0.4 is 0 Å². The van der Waals surface area contributed by atoms with Crippen LogP contribution in [0.2, 0.25) is 0 Å². The molecule has 2 nitrogen and oxygen atoms in total. The summed E-state index contributed by atoms with van der Waals surface area (Å²) in [6.07, 6.45) is 3.31. The van der Waals surface area contributed by atoms with Crippen molar-refractivity contribution in [1.29, 1.82) is 0 Å². The standard InChI is InChI=1S/C13H17BrClNOS/c1-9-7-11(18-12(9)14)13(17)16-6-2-3-10(8-16)4-5-15/h7,10H,2-6,8H2,1H3. The number of alkyl halides is 1. The first-order chi connectivity index (χ1) is 8.61. The van der Waals surface area contributed by atoms with Crippen LogP contribution in [-0.4, -0.2) is 29.8 Å². The number of hydrogen-bond acceptors (Lipinski definition) is 2. The maximum atomic E-state index is 12.4. The average molecular weight is 351 g/mol. The molecule has 0 aromatic carbocycles. The van der Waals surface area contributed by atoms with E-state index in [4.69, 9.17) is 11.6 Å². The number of piperidine rings is 1. The van der Waals surface area contributed by atoms with E-state index < -0.39 is 0 Å². The van der Waals surface area contributed by atoms with Crippen LogP contribution >= 0.6 is 38.9 Å². The number of rotatable bonds is 3. The van der Waals surface area contributed by atoms with Gasteiger partial charge in [-0.15, -0.1) is 22.9 Å². The molecule has 0 N–H and O–H groups in total. The molecule has 1 fully saturated rings. The van der Waals surface area contributed by atoms with Gasteiger partial charge in [-0.05, 0) is 59.7 Å². The van der Waals surface area contributed by atoms with Crippen molar-refractivity contribution in [3.05, 3.63) is 20.3 Å². The fourth-order valence-corrected chi connectivity index (χ4v) is 4.17. The van der Waals surface area contributed by atoms with E-state index in [1.54, 1.807) is 0 Å². The molecule has 0 spiro atoms. The SMILES string of the molecule is Cc1cc(C(=O)N2CCCC(CCCl)C2)sc1Br. The minimum absolute atomic E-state index is 0.174. The Hall–Kier alpha value is -0.0600. The summed E-state index contributed by atoms with van der Waals surface area (Å²) in [4.78, 5) is 15.2. The summed E-state index contributed by atoms with van der Waals surface area (Å²) < 4.78 is 1.06. The molecule has 1 aromatic rings. The summed E-state index contributed by atoms with van der Waals surface area (Å²) in [6.45, 7) is 3.76. The Balaban J connectivity index is 2.04. The highest BCUT2D eigenvalue weighted by Gasteiger charge is 2.25. The predicted molar refractivity (Wildman–Crippen MR) is 80.7 cm³/mol. The highest BCUT2D eigenvalue weighted by Crippen LogP contribution is 2.29. The summed E-state index contributed by atoms with van der Waals surface area (Å²) >= 11 is 10.8. The van der Waals surface area contributed by atoms with Gasteiger partial charge in [0.15, 0.2) is 0 Å². The van der Waals surface area contributed by atoms with Crippen LogP contribution in [0.1, 0.15) is 34.5 Å². The number of aryl methyl sites for hydroxylation is 1. The van der Waals surface area contributed by atoms with Gasteiger partial charge in [0, 0.05) is 19.0 Å². The van der Waals surface area contributed by atoms with Crippen molar-refractivity contribution in [2.24, 2.45) is 5.92 Å². The number of carbonyl (C=O) groups excluding carboxylic acids is 1. The fourth-order valence-electron chi connectivity index (χ4n) is 2.36. The molecule has 1 aliphatic heterocycles. The first-order valence-electron chi connectivity index (χ1n) is 6.23. The Morgan fingerprint density at radius 2 is 2.44 bits per heavy atom. The third kappa shape index (κ3) is 3.28. The molecule has 1 unspecified atom stereocenters. The molecular weight excluding hydrogens is 334 g/mol. The van der Waals surface area contributed by atoms with Crippen LogP contribution in [0.4, 0.5) is 0 Å². The zero-order valence-electron chi connectivity index (χ0n) is 10.4. The molecule has 2 heterocycles. The number of nitrogens with zero attached hydrogens (tertiary/aromatic N) is 1. The largest absolute Gasteiger partial charge is 0.338 e. The van der Waals surface area contributed by atoms with Gasteiger partial charge in [-0.25, -0.2) is 0 Å². The van der Waals surface area contributed by atoms with Crippen LogP contribution in [0.3, 0.4) is 0 Å². The molecule has 1 aromatic heterocycles. The van der Waals surface area contributed by atoms with E-state index in [-0.39, 0.29) is 5.91 Å². The van der Waals surface area contributed by atoms with Gasteiger partial charge in [-0.2, -0.15) is 0 Å². The highest BCUT2D eigenvalue weighted by molar-refractivity contribution is 9.11. The Bertz CT molecular complexity index is 413. The van der Waals surface area contributed by atoms with Gasteiger partial charge in [-0.1, -0.05) is 0 Å². The molecule has 1 amide bonds. The van der Waals surface area contributed by atoms with Gasteiger partial charge in [0.1, 0.15) is 0 Å². The molecule has 1 aliphatic rings. The predicted octanol–water partition coefficient (Wildman–Crippen LogP) is 4.30. The second-order valence-corrected chi connectivity index (χ2v) is 7.55. The van der Waals surface area contributed by atoms with Crippen molar-refractivity contribution in [3.63, 3.8) is 0 Å². The minimum Gasteiger partial charge on any atom is -0.338 e. The van der Waals surface area contributed by atoms with Crippen molar-refractivity contribution in [2.45, 2.75) is 26.2 Å². The van der Waals surface area contributed by atoms with E-state index in [1.807, 2.05) is 17.9 Å². The van der Waals surface area contributed by atoms with Crippen LogP contribution in [0.15, 0.2) is 9.85 Å². The second kappa shape index (κ2) is 6.40. The molecule has 0 aliphatic carbocycles. The van der Waals surface area contributed by atoms with Crippen molar-refractivity contribution in [1.82, 2.24) is 4.90 Å². The van der Waals surface area contributed by atoms with E-state index in [0.29, 0.717) is 11.8 Å². The highest BCUT2D eigenvalue weighted by atomic mass is 79.9. The van der Waals surface area contributed by atoms with E-state index >= 15 is 0 Å². The van der Waals surface area contributed by atoms with Crippen molar-refractivity contribution in [2.75, 3.05) is 19.0 Å². The van der Waals surface area contributed by atoms with Crippen LogP contribution in [0, 0.1) is 12.8 Å². The third-order valence-electron chi connectivity index (χ3n) is 3.39. The molecule has 0 bridgehead atoms. The fraction of sp³-hybridized carbons (Fsp3) is 0.615. The normalized spacial score (nSPS) is 20.2. The molecule has 0 radical (unpaired) electrons. The van der Waals surface area contributed by atoms with Gasteiger partial charge in [0.05, 0.1) is 8.66 Å². The van der Waals surface area contributed by atoms with E-state index in [2.05, 4.69) is 15.9 Å². The number of carbonyl (C=O) groups is 1. The number of hydrogen-bond donors (Lipinski definition) is 0. The van der Waals surface area contributed by atoms with Gasteiger partial charge in [0.2, 0.25) is 0 Å². The smallest absolute Gasteiger partial charge is 0.263 e. The van der Waals surface area contributed by atoms with Gasteiger partial charge in [-0.3, -0.25) is 4.79 Å². The summed E-state index contributed by atoms with van der Waals surface area (Å²) in [5.41, 5.74) is 1.14. The molecule has 0 saturated carbocycles. The van der Waals surface area contributed by atoms with Crippen molar-refractivity contribution >= 4 is 44.8 Å². The lowest BCUT2D eigenvalue weighted by atomic mass is 9.95. The van der Waals surface area contributed by atoms with E-state index in [1.165, 1.54) is 17.8 Å². The topological polar surface area (TPSA) is 20.3 Å². The molecule has 1 saturated heterocycles. The number of thiophene rings is 1. The number of likely N-dealkylation sites (tertiary alicyclic amines) is 1. The third-order valence-corrected chi connectivity index (χ3v) is 5.73. The maximum absolute atomic E-state index is 12.4. The van der Waals surface area contributed by atoms with Crippen LogP contribution in [-0.2, 0) is 0 Å². The Morgan fingerprint density at radius 1 is 1.67 bits per heavy atom. The Labute approximate surface area is 125 Å². The molecular formula is C13H17BrClNOS. The van der Waals surface area contributed by atoms with Crippen molar-refractivity contribution < 1.29 is 4.79 Å². The lowest BCUT2D eigenvalue weighted by Gasteiger charge is -2.32. The zero-order valence-corrected chi connectivity index (χ0v) is 13.6. The minimum atomic E-state index is 0.174. The van der Waals surface area contributed by atoms with Crippen LogP contribution in [0.25, 0.3) is 0 Å². The zero-order chi connectivity index (χ0) is 13.1. The molecule has 1 atom stereocenters. The first kappa shape index (κ1) is 14.4. The molecule has 100 valence electrons. The molecule has 2 rings (SSSR count). The van der Waals surface area contributed by atoms with Crippen molar-refractivity contribution in [3.8, 4) is 0 Å². The summed E-state index contributed by atoms with van der Waals surface area (Å²) in [7, 11) is 0. The second-order valence-electron chi connectivity index (χ2n) is 4.80. The number of halogens is 2. The molecule has 18 heavy (non-hydrogen) atoms. The van der Waals surface area contributed by atoms with E-state index in [9.17, 15) is 4.79 Å². The Morgan fingerprint density at radius 3 is 3.06 bits per heavy atom. The van der Waals surface area contributed by atoms with E-state index in [0.717, 1.165) is 40.2 Å². The lowest BCUT2D eigenvalue weighted by molar-refractivity contribution is 0.0676.